The normalized spacial score (nSPS) is 15.9. The van der Waals surface area contributed by atoms with Crippen molar-refractivity contribution in [3.8, 4) is 0 Å². The molecule has 144 valence electrons. The van der Waals surface area contributed by atoms with E-state index >= 15 is 0 Å². The van der Waals surface area contributed by atoms with Crippen molar-refractivity contribution in [2.75, 3.05) is 6.54 Å². The monoisotopic (exact) mass is 374 g/mol. The molecule has 2 aromatic carbocycles. The van der Waals surface area contributed by atoms with Crippen LogP contribution in [0.1, 0.15) is 51.0 Å². The molecule has 0 aliphatic carbocycles. The zero-order valence-corrected chi connectivity index (χ0v) is 16.5. The van der Waals surface area contributed by atoms with E-state index in [1.807, 2.05) is 25.1 Å². The predicted molar refractivity (Wildman–Crippen MR) is 109 cm³/mol. The molecular formula is C23H26N4O. The number of hydrogen-bond acceptors (Lipinski definition) is 3. The molecule has 0 fully saturated rings. The van der Waals surface area contributed by atoms with Gasteiger partial charge in [-0.05, 0) is 49.9 Å². The summed E-state index contributed by atoms with van der Waals surface area (Å²) in [7, 11) is 0. The fraction of sp³-hybridized carbons (Fsp3) is 0.348. The maximum absolute atomic E-state index is 12.6. The van der Waals surface area contributed by atoms with Gasteiger partial charge in [-0.15, -0.1) is 10.2 Å². The molecule has 2 heterocycles. The lowest BCUT2D eigenvalue weighted by Crippen LogP contribution is -2.26. The lowest BCUT2D eigenvalue weighted by molar-refractivity contribution is 0.0954. The summed E-state index contributed by atoms with van der Waals surface area (Å²) in [6.07, 6.45) is 2.81. The Morgan fingerprint density at radius 1 is 1.14 bits per heavy atom. The molecule has 4 rings (SSSR count). The van der Waals surface area contributed by atoms with E-state index in [0.717, 1.165) is 43.0 Å². The number of carbonyl (C=O) groups excluding carboxylic acids is 1. The SMILES string of the molecule is Cc1cccc(CCNC(=O)c2cccc([C@@H]3CCc4nnc(C)n4C3)c2)c1. The molecule has 1 amide bonds. The summed E-state index contributed by atoms with van der Waals surface area (Å²) in [5, 5.41) is 11.5. The fourth-order valence-corrected chi connectivity index (χ4v) is 3.96. The van der Waals surface area contributed by atoms with Crippen LogP contribution in [0.5, 0.6) is 0 Å². The summed E-state index contributed by atoms with van der Waals surface area (Å²) in [5.41, 5.74) is 4.44. The molecule has 1 atom stereocenters. The molecule has 0 bridgehead atoms. The van der Waals surface area contributed by atoms with Crippen LogP contribution < -0.4 is 5.32 Å². The van der Waals surface area contributed by atoms with Crippen molar-refractivity contribution < 1.29 is 4.79 Å². The van der Waals surface area contributed by atoms with Gasteiger partial charge in [0.25, 0.3) is 5.91 Å². The lowest BCUT2D eigenvalue weighted by Gasteiger charge is -2.24. The minimum Gasteiger partial charge on any atom is -0.352 e. The smallest absolute Gasteiger partial charge is 0.251 e. The van der Waals surface area contributed by atoms with Gasteiger partial charge in [0.2, 0.25) is 0 Å². The second-order valence-electron chi connectivity index (χ2n) is 7.63. The van der Waals surface area contributed by atoms with Crippen LogP contribution in [0.15, 0.2) is 48.5 Å². The Morgan fingerprint density at radius 2 is 2.00 bits per heavy atom. The first-order valence-electron chi connectivity index (χ1n) is 9.92. The molecule has 0 saturated heterocycles. The summed E-state index contributed by atoms with van der Waals surface area (Å²) in [6, 6.07) is 16.5. The first-order valence-corrected chi connectivity index (χ1v) is 9.92. The van der Waals surface area contributed by atoms with E-state index in [-0.39, 0.29) is 5.91 Å². The largest absolute Gasteiger partial charge is 0.352 e. The van der Waals surface area contributed by atoms with Gasteiger partial charge < -0.3 is 9.88 Å². The van der Waals surface area contributed by atoms with Crippen LogP contribution in [0.25, 0.3) is 0 Å². The number of amides is 1. The maximum Gasteiger partial charge on any atom is 0.251 e. The van der Waals surface area contributed by atoms with Crippen molar-refractivity contribution in [3.63, 3.8) is 0 Å². The standard InChI is InChI=1S/C23H26N4O/c1-16-5-3-6-18(13-16)11-12-24-23(28)20-8-4-7-19(14-20)21-9-10-22-26-25-17(2)27(22)15-21/h3-8,13-14,21H,9-12,15H2,1-2H3,(H,24,28)/t21-/m1/s1. The van der Waals surface area contributed by atoms with Gasteiger partial charge in [0.1, 0.15) is 11.6 Å². The molecule has 5 heteroatoms. The molecule has 1 aliphatic heterocycles. The average molecular weight is 374 g/mol. The molecular weight excluding hydrogens is 348 g/mol. The maximum atomic E-state index is 12.6. The van der Waals surface area contributed by atoms with Gasteiger partial charge in [-0.3, -0.25) is 4.79 Å². The quantitative estimate of drug-likeness (QED) is 0.742. The van der Waals surface area contributed by atoms with Crippen molar-refractivity contribution in [1.82, 2.24) is 20.1 Å². The Labute approximate surface area is 165 Å². The average Bonchev–Trinajstić information content (AvgIpc) is 3.08. The first-order chi connectivity index (χ1) is 13.6. The summed E-state index contributed by atoms with van der Waals surface area (Å²) < 4.78 is 2.20. The minimum absolute atomic E-state index is 0.00789. The van der Waals surface area contributed by atoms with Crippen molar-refractivity contribution in [3.05, 3.63) is 82.4 Å². The number of carbonyl (C=O) groups is 1. The molecule has 1 N–H and O–H groups in total. The zero-order chi connectivity index (χ0) is 19.5. The molecule has 3 aromatic rings. The van der Waals surface area contributed by atoms with Crippen LogP contribution in [-0.2, 0) is 19.4 Å². The van der Waals surface area contributed by atoms with E-state index in [1.54, 1.807) is 0 Å². The molecule has 0 saturated carbocycles. The van der Waals surface area contributed by atoms with Crippen molar-refractivity contribution >= 4 is 5.91 Å². The summed E-state index contributed by atoms with van der Waals surface area (Å²) in [6.45, 7) is 5.60. The number of rotatable bonds is 5. The molecule has 5 nitrogen and oxygen atoms in total. The molecule has 0 spiro atoms. The van der Waals surface area contributed by atoms with E-state index in [0.29, 0.717) is 12.5 Å². The van der Waals surface area contributed by atoms with E-state index in [2.05, 4.69) is 57.3 Å². The van der Waals surface area contributed by atoms with Gasteiger partial charge in [0, 0.05) is 31.0 Å². The number of benzene rings is 2. The van der Waals surface area contributed by atoms with E-state index in [9.17, 15) is 4.79 Å². The number of aromatic nitrogens is 3. The third-order valence-corrected chi connectivity index (χ3v) is 5.53. The summed E-state index contributed by atoms with van der Waals surface area (Å²) in [4.78, 5) is 12.6. The highest BCUT2D eigenvalue weighted by molar-refractivity contribution is 5.94. The Bertz CT molecular complexity index is 992. The van der Waals surface area contributed by atoms with Gasteiger partial charge in [-0.2, -0.15) is 0 Å². The predicted octanol–water partition coefficient (Wildman–Crippen LogP) is 3.60. The van der Waals surface area contributed by atoms with Crippen molar-refractivity contribution in [2.45, 2.75) is 45.6 Å². The van der Waals surface area contributed by atoms with Crippen LogP contribution in [0.4, 0.5) is 0 Å². The highest BCUT2D eigenvalue weighted by Gasteiger charge is 2.23. The summed E-state index contributed by atoms with van der Waals surface area (Å²) >= 11 is 0. The summed E-state index contributed by atoms with van der Waals surface area (Å²) in [5.74, 6) is 2.41. The molecule has 1 aromatic heterocycles. The minimum atomic E-state index is -0.00789. The van der Waals surface area contributed by atoms with Crippen LogP contribution in [0, 0.1) is 13.8 Å². The van der Waals surface area contributed by atoms with Gasteiger partial charge in [0.05, 0.1) is 0 Å². The number of fused-ring (bicyclic) bond motifs is 1. The van der Waals surface area contributed by atoms with Crippen molar-refractivity contribution in [1.29, 1.82) is 0 Å². The van der Waals surface area contributed by atoms with Crippen LogP contribution in [0.2, 0.25) is 0 Å². The zero-order valence-electron chi connectivity index (χ0n) is 16.5. The van der Waals surface area contributed by atoms with Gasteiger partial charge in [-0.1, -0.05) is 42.0 Å². The Kier molecular flexibility index (Phi) is 5.24. The van der Waals surface area contributed by atoms with E-state index in [1.165, 1.54) is 16.7 Å². The molecule has 28 heavy (non-hydrogen) atoms. The Balaban J connectivity index is 1.39. The van der Waals surface area contributed by atoms with Gasteiger partial charge >= 0.3 is 0 Å². The fourth-order valence-electron chi connectivity index (χ4n) is 3.96. The number of nitrogens with zero attached hydrogens (tertiary/aromatic N) is 3. The highest BCUT2D eigenvalue weighted by atomic mass is 16.1. The van der Waals surface area contributed by atoms with Gasteiger partial charge in [-0.25, -0.2) is 0 Å². The van der Waals surface area contributed by atoms with Crippen LogP contribution in [-0.4, -0.2) is 27.2 Å². The van der Waals surface area contributed by atoms with E-state index in [4.69, 9.17) is 0 Å². The number of hydrogen-bond donors (Lipinski definition) is 1. The Hall–Kier alpha value is -2.95. The third kappa shape index (κ3) is 3.98. The lowest BCUT2D eigenvalue weighted by atomic mass is 9.90. The molecule has 0 unspecified atom stereocenters. The second-order valence-corrected chi connectivity index (χ2v) is 7.63. The topological polar surface area (TPSA) is 59.8 Å². The third-order valence-electron chi connectivity index (χ3n) is 5.53. The highest BCUT2D eigenvalue weighted by Crippen LogP contribution is 2.29. The van der Waals surface area contributed by atoms with Crippen LogP contribution in [0.3, 0.4) is 0 Å². The first kappa shape index (κ1) is 18.4. The molecule has 0 radical (unpaired) electrons. The van der Waals surface area contributed by atoms with Crippen molar-refractivity contribution in [2.24, 2.45) is 0 Å². The van der Waals surface area contributed by atoms with Gasteiger partial charge in [0.15, 0.2) is 0 Å². The van der Waals surface area contributed by atoms with Crippen LogP contribution >= 0.6 is 0 Å². The van der Waals surface area contributed by atoms with E-state index < -0.39 is 0 Å². The number of nitrogens with one attached hydrogen (secondary N) is 1. The Morgan fingerprint density at radius 3 is 2.86 bits per heavy atom. The second kappa shape index (κ2) is 7.97. The molecule has 1 aliphatic rings. The number of aryl methyl sites for hydroxylation is 3.